The Hall–Kier alpha value is -1.33. The summed E-state index contributed by atoms with van der Waals surface area (Å²) in [7, 11) is 0. The van der Waals surface area contributed by atoms with Crippen molar-refractivity contribution in [1.29, 1.82) is 0 Å². The van der Waals surface area contributed by atoms with Gasteiger partial charge in [-0.15, -0.1) is 13.2 Å². The van der Waals surface area contributed by atoms with Gasteiger partial charge in [-0.25, -0.2) is 4.39 Å². The van der Waals surface area contributed by atoms with E-state index in [0.717, 1.165) is 63.9 Å². The molecule has 2 saturated carbocycles. The summed E-state index contributed by atoms with van der Waals surface area (Å²) >= 11 is 0. The first-order chi connectivity index (χ1) is 14.6. The van der Waals surface area contributed by atoms with Crippen molar-refractivity contribution in [2.45, 2.75) is 103 Å². The van der Waals surface area contributed by atoms with Gasteiger partial charge in [0.05, 0.1) is 0 Å². The molecule has 0 saturated heterocycles. The Bertz CT molecular complexity index is 713. The van der Waals surface area contributed by atoms with Crippen LogP contribution in [-0.4, -0.2) is 6.36 Å². The molecular formula is C25H35F5O. The lowest BCUT2D eigenvalue weighted by molar-refractivity contribution is -0.275. The first-order valence-corrected chi connectivity index (χ1v) is 11.9. The second kappa shape index (κ2) is 10.1. The first-order valence-electron chi connectivity index (χ1n) is 11.9. The first kappa shape index (κ1) is 24.3. The third-order valence-electron chi connectivity index (χ3n) is 7.58. The molecule has 3 rings (SSSR count). The van der Waals surface area contributed by atoms with Crippen molar-refractivity contribution in [3.05, 3.63) is 29.3 Å². The highest BCUT2D eigenvalue weighted by Gasteiger charge is 2.45. The smallest absolute Gasteiger partial charge is 0.403 e. The van der Waals surface area contributed by atoms with E-state index >= 15 is 4.39 Å². The molecule has 2 aliphatic carbocycles. The second-order valence-electron chi connectivity index (χ2n) is 10.0. The van der Waals surface area contributed by atoms with Crippen LogP contribution in [0.4, 0.5) is 22.0 Å². The summed E-state index contributed by atoms with van der Waals surface area (Å²) in [6, 6.07) is 2.30. The van der Waals surface area contributed by atoms with Crippen LogP contribution in [0, 0.1) is 29.4 Å². The van der Waals surface area contributed by atoms with Gasteiger partial charge in [0.1, 0.15) is 0 Å². The number of alkyl halides is 3. The molecule has 0 aromatic heterocycles. The maximum absolute atomic E-state index is 15.1. The van der Waals surface area contributed by atoms with Crippen LogP contribution in [0.15, 0.2) is 12.1 Å². The van der Waals surface area contributed by atoms with Crippen molar-refractivity contribution in [2.75, 3.05) is 0 Å². The molecule has 0 spiro atoms. The van der Waals surface area contributed by atoms with Crippen LogP contribution in [-0.2, 0) is 5.41 Å². The lowest BCUT2D eigenvalue weighted by atomic mass is 9.57. The predicted molar refractivity (Wildman–Crippen MR) is 112 cm³/mol. The van der Waals surface area contributed by atoms with E-state index in [0.29, 0.717) is 11.8 Å². The SMILES string of the molecule is CC(C)CCCC1CCC(C2(c3ccc(OC(F)(F)F)c(F)c3F)CCCCC2)CC1. The van der Waals surface area contributed by atoms with Gasteiger partial charge >= 0.3 is 6.36 Å². The highest BCUT2D eigenvalue weighted by molar-refractivity contribution is 5.37. The third-order valence-corrected chi connectivity index (χ3v) is 7.58. The zero-order valence-corrected chi connectivity index (χ0v) is 18.7. The van der Waals surface area contributed by atoms with E-state index in [1.165, 1.54) is 25.3 Å². The molecule has 1 nitrogen and oxygen atoms in total. The maximum Gasteiger partial charge on any atom is 0.573 e. The minimum absolute atomic E-state index is 0.248. The van der Waals surface area contributed by atoms with E-state index < -0.39 is 29.2 Å². The molecule has 1 aromatic carbocycles. The van der Waals surface area contributed by atoms with Gasteiger partial charge in [-0.3, -0.25) is 0 Å². The molecule has 31 heavy (non-hydrogen) atoms. The Kier molecular flexibility index (Phi) is 7.90. The van der Waals surface area contributed by atoms with Crippen LogP contribution in [0.1, 0.15) is 96.5 Å². The fraction of sp³-hybridized carbons (Fsp3) is 0.760. The summed E-state index contributed by atoms with van der Waals surface area (Å²) in [5, 5.41) is 0. The van der Waals surface area contributed by atoms with Crippen LogP contribution < -0.4 is 4.74 Å². The molecule has 2 aliphatic rings. The Morgan fingerprint density at radius 3 is 2.19 bits per heavy atom. The van der Waals surface area contributed by atoms with Gasteiger partial charge in [-0.2, -0.15) is 4.39 Å². The summed E-state index contributed by atoms with van der Waals surface area (Å²) in [6.07, 6.45) is 7.29. The van der Waals surface area contributed by atoms with Gasteiger partial charge in [0.25, 0.3) is 0 Å². The summed E-state index contributed by atoms with van der Waals surface area (Å²) in [6.45, 7) is 4.48. The van der Waals surface area contributed by atoms with Crippen molar-refractivity contribution in [3.8, 4) is 5.75 Å². The van der Waals surface area contributed by atoms with Crippen molar-refractivity contribution in [1.82, 2.24) is 0 Å². The molecule has 0 unspecified atom stereocenters. The lowest BCUT2D eigenvalue weighted by Crippen LogP contribution is -2.40. The minimum Gasteiger partial charge on any atom is -0.403 e. The van der Waals surface area contributed by atoms with Gasteiger partial charge < -0.3 is 4.74 Å². The summed E-state index contributed by atoms with van der Waals surface area (Å²) < 4.78 is 71.0. The fourth-order valence-electron chi connectivity index (χ4n) is 6.02. The van der Waals surface area contributed by atoms with Gasteiger partial charge in [-0.1, -0.05) is 71.3 Å². The van der Waals surface area contributed by atoms with E-state index in [2.05, 4.69) is 18.6 Å². The van der Waals surface area contributed by atoms with E-state index in [1.807, 2.05) is 0 Å². The molecular weight excluding hydrogens is 411 g/mol. The summed E-state index contributed by atoms with van der Waals surface area (Å²) in [4.78, 5) is 0. The standard InChI is InChI=1S/C25H35F5O/c1-17(2)7-6-8-18-9-11-19(12-10-18)24(15-4-3-5-16-24)20-13-14-21(23(27)22(20)26)31-25(28,29)30/h13-14,17-19H,3-12,15-16H2,1-2H3. The lowest BCUT2D eigenvalue weighted by Gasteiger charge is -2.47. The van der Waals surface area contributed by atoms with E-state index in [1.54, 1.807) is 0 Å². The average Bonchev–Trinajstić information content (AvgIpc) is 2.71. The van der Waals surface area contributed by atoms with Crippen LogP contribution in [0.3, 0.4) is 0 Å². The molecule has 0 bridgehead atoms. The van der Waals surface area contributed by atoms with Gasteiger partial charge in [0.15, 0.2) is 11.6 Å². The summed E-state index contributed by atoms with van der Waals surface area (Å²) in [5.41, 5.74) is -0.231. The van der Waals surface area contributed by atoms with Crippen LogP contribution in [0.25, 0.3) is 0 Å². The molecule has 2 fully saturated rings. The molecule has 0 radical (unpaired) electrons. The summed E-state index contributed by atoms with van der Waals surface area (Å²) in [5.74, 6) is -2.13. The predicted octanol–water partition coefficient (Wildman–Crippen LogP) is 8.70. The molecule has 0 atom stereocenters. The molecule has 0 N–H and O–H groups in total. The number of rotatable bonds is 7. The Morgan fingerprint density at radius 2 is 1.61 bits per heavy atom. The Balaban J connectivity index is 1.78. The number of benzene rings is 1. The molecule has 0 heterocycles. The number of ether oxygens (including phenoxy) is 1. The highest BCUT2D eigenvalue weighted by Crippen LogP contribution is 2.52. The molecule has 0 amide bonds. The van der Waals surface area contributed by atoms with Gasteiger partial charge in [0.2, 0.25) is 5.82 Å². The quantitative estimate of drug-likeness (QED) is 0.381. The van der Waals surface area contributed by atoms with E-state index in [9.17, 15) is 17.6 Å². The highest BCUT2D eigenvalue weighted by atomic mass is 19.4. The van der Waals surface area contributed by atoms with Crippen molar-refractivity contribution >= 4 is 0 Å². The van der Waals surface area contributed by atoms with Crippen molar-refractivity contribution in [2.24, 2.45) is 17.8 Å². The van der Waals surface area contributed by atoms with Crippen LogP contribution >= 0.6 is 0 Å². The molecule has 6 heteroatoms. The number of hydrogen-bond donors (Lipinski definition) is 0. The topological polar surface area (TPSA) is 9.23 Å². The fourth-order valence-corrected chi connectivity index (χ4v) is 6.02. The van der Waals surface area contributed by atoms with Gasteiger partial charge in [0, 0.05) is 5.41 Å². The minimum atomic E-state index is -5.05. The molecule has 0 aliphatic heterocycles. The third kappa shape index (κ3) is 5.92. The van der Waals surface area contributed by atoms with Crippen molar-refractivity contribution < 1.29 is 26.7 Å². The zero-order valence-electron chi connectivity index (χ0n) is 18.7. The van der Waals surface area contributed by atoms with E-state index in [4.69, 9.17) is 0 Å². The number of halogens is 5. The van der Waals surface area contributed by atoms with Gasteiger partial charge in [-0.05, 0) is 55.1 Å². The van der Waals surface area contributed by atoms with Crippen molar-refractivity contribution in [3.63, 3.8) is 0 Å². The Labute approximate surface area is 182 Å². The average molecular weight is 447 g/mol. The van der Waals surface area contributed by atoms with E-state index in [-0.39, 0.29) is 11.5 Å². The molecule has 1 aromatic rings. The zero-order chi connectivity index (χ0) is 22.6. The number of hydrogen-bond acceptors (Lipinski definition) is 1. The largest absolute Gasteiger partial charge is 0.573 e. The van der Waals surface area contributed by atoms with Crippen LogP contribution in [0.5, 0.6) is 5.75 Å². The Morgan fingerprint density at radius 1 is 0.968 bits per heavy atom. The maximum atomic E-state index is 15.1. The van der Waals surface area contributed by atoms with Crippen LogP contribution in [0.2, 0.25) is 0 Å². The second-order valence-corrected chi connectivity index (χ2v) is 10.0. The molecule has 176 valence electrons. The normalized spacial score (nSPS) is 24.4. The monoisotopic (exact) mass is 446 g/mol.